The molecule has 1 rings (SSSR count). The minimum Gasteiger partial charge on any atom is -0.376 e. The van der Waals surface area contributed by atoms with E-state index in [2.05, 4.69) is 17.2 Å². The fourth-order valence-electron chi connectivity index (χ4n) is 0.963. The zero-order chi connectivity index (χ0) is 11.3. The zero-order valence-electron chi connectivity index (χ0n) is 7.78. The highest BCUT2D eigenvalue weighted by atomic mass is 32.1. The van der Waals surface area contributed by atoms with Crippen molar-refractivity contribution in [3.05, 3.63) is 29.8 Å². The molecule has 0 aliphatic heterocycles. The van der Waals surface area contributed by atoms with Crippen molar-refractivity contribution in [3.8, 4) is 11.8 Å². The molecule has 76 valence electrons. The van der Waals surface area contributed by atoms with E-state index in [1.54, 1.807) is 24.3 Å². The molecular weight excluding hydrogens is 210 g/mol. The molecule has 0 fully saturated rings. The summed E-state index contributed by atoms with van der Waals surface area (Å²) in [5, 5.41) is 2.89. The van der Waals surface area contributed by atoms with Crippen molar-refractivity contribution in [2.24, 2.45) is 11.5 Å². The Morgan fingerprint density at radius 1 is 1.33 bits per heavy atom. The van der Waals surface area contributed by atoms with Gasteiger partial charge >= 0.3 is 0 Å². The third-order valence-electron chi connectivity index (χ3n) is 1.51. The predicted molar refractivity (Wildman–Crippen MR) is 62.9 cm³/mol. The van der Waals surface area contributed by atoms with Gasteiger partial charge in [0.1, 0.15) is 0 Å². The van der Waals surface area contributed by atoms with Gasteiger partial charge in [-0.2, -0.15) is 0 Å². The Hall–Kier alpha value is -2.06. The van der Waals surface area contributed by atoms with E-state index in [1.807, 2.05) is 0 Å². The van der Waals surface area contributed by atoms with Gasteiger partial charge in [-0.15, -0.1) is 0 Å². The second kappa shape index (κ2) is 4.98. The minimum atomic E-state index is -0.680. The second-order valence-electron chi connectivity index (χ2n) is 2.65. The van der Waals surface area contributed by atoms with Gasteiger partial charge in [0.2, 0.25) is 0 Å². The van der Waals surface area contributed by atoms with E-state index in [0.29, 0.717) is 11.3 Å². The highest BCUT2D eigenvalue weighted by Gasteiger charge is 1.98. The molecule has 1 aromatic rings. The molecule has 0 atom stereocenters. The van der Waals surface area contributed by atoms with Gasteiger partial charge in [0.15, 0.2) is 5.11 Å². The Balaban J connectivity index is 3.02. The summed E-state index contributed by atoms with van der Waals surface area (Å²) in [5.41, 5.74) is 11.5. The molecule has 0 saturated heterocycles. The molecular formula is C10H9N3OS. The number of thiocarbonyl (C=S) groups is 1. The third-order valence-corrected chi connectivity index (χ3v) is 1.61. The fraction of sp³-hybridized carbons (Fsp3) is 0. The first kappa shape index (κ1) is 11.0. The number of hydrogen-bond acceptors (Lipinski definition) is 2. The third kappa shape index (κ3) is 3.67. The molecule has 0 spiro atoms. The van der Waals surface area contributed by atoms with Crippen LogP contribution in [0.5, 0.6) is 0 Å². The number of carbonyl (C=O) groups is 1. The minimum absolute atomic E-state index is 0.142. The molecule has 0 saturated carbocycles. The highest BCUT2D eigenvalue weighted by Crippen LogP contribution is 2.12. The van der Waals surface area contributed by atoms with E-state index in [-0.39, 0.29) is 5.11 Å². The van der Waals surface area contributed by atoms with Crippen LogP contribution in [0.4, 0.5) is 5.69 Å². The maximum Gasteiger partial charge on any atom is 0.293 e. The van der Waals surface area contributed by atoms with Crippen molar-refractivity contribution < 1.29 is 4.79 Å². The van der Waals surface area contributed by atoms with Crippen LogP contribution in [0.1, 0.15) is 5.56 Å². The molecule has 1 amide bonds. The largest absolute Gasteiger partial charge is 0.376 e. The predicted octanol–water partition coefficient (Wildman–Crippen LogP) is 0.179. The van der Waals surface area contributed by atoms with E-state index in [4.69, 9.17) is 23.7 Å². The van der Waals surface area contributed by atoms with Crippen molar-refractivity contribution in [1.82, 2.24) is 0 Å². The quantitative estimate of drug-likeness (QED) is 0.465. The molecule has 5 N–H and O–H groups in total. The summed E-state index contributed by atoms with van der Waals surface area (Å²) in [4.78, 5) is 10.5. The van der Waals surface area contributed by atoms with Gasteiger partial charge in [-0.05, 0) is 24.4 Å². The van der Waals surface area contributed by atoms with Crippen LogP contribution in [0.2, 0.25) is 0 Å². The average Bonchev–Trinajstić information content (AvgIpc) is 2.15. The van der Waals surface area contributed by atoms with Gasteiger partial charge < -0.3 is 16.8 Å². The summed E-state index contributed by atoms with van der Waals surface area (Å²) in [6.07, 6.45) is 0. The summed E-state index contributed by atoms with van der Waals surface area (Å²) >= 11 is 4.70. The number of benzene rings is 1. The van der Waals surface area contributed by atoms with Crippen LogP contribution >= 0.6 is 12.2 Å². The maximum atomic E-state index is 10.5. The number of rotatable bonds is 1. The summed E-state index contributed by atoms with van der Waals surface area (Å²) in [7, 11) is 0. The molecule has 0 aliphatic carbocycles. The lowest BCUT2D eigenvalue weighted by molar-refractivity contribution is -0.112. The number of nitrogens with one attached hydrogen (secondary N) is 1. The van der Waals surface area contributed by atoms with E-state index < -0.39 is 5.91 Å². The molecule has 0 radical (unpaired) electrons. The lowest BCUT2D eigenvalue weighted by Crippen LogP contribution is -2.19. The molecule has 0 heterocycles. The number of primary amides is 1. The normalized spacial score (nSPS) is 8.53. The summed E-state index contributed by atoms with van der Waals surface area (Å²) in [5.74, 6) is 4.18. The Morgan fingerprint density at radius 3 is 2.60 bits per heavy atom. The van der Waals surface area contributed by atoms with Crippen LogP contribution in [-0.2, 0) is 4.79 Å². The fourth-order valence-corrected chi connectivity index (χ4v) is 1.07. The lowest BCUT2D eigenvalue weighted by Gasteiger charge is -2.05. The summed E-state index contributed by atoms with van der Waals surface area (Å²) in [6.45, 7) is 0. The molecule has 4 nitrogen and oxygen atoms in total. The van der Waals surface area contributed by atoms with Gasteiger partial charge in [0, 0.05) is 11.5 Å². The Labute approximate surface area is 92.6 Å². The van der Waals surface area contributed by atoms with E-state index in [9.17, 15) is 4.79 Å². The Kier molecular flexibility index (Phi) is 3.66. The van der Waals surface area contributed by atoms with Gasteiger partial charge in [-0.1, -0.05) is 18.1 Å². The van der Waals surface area contributed by atoms with Gasteiger partial charge in [-0.3, -0.25) is 4.79 Å². The molecule has 5 heteroatoms. The van der Waals surface area contributed by atoms with Crippen LogP contribution in [0.15, 0.2) is 24.3 Å². The number of carbonyl (C=O) groups excluding carboxylic acids is 1. The van der Waals surface area contributed by atoms with Crippen molar-refractivity contribution in [2.75, 3.05) is 5.32 Å². The van der Waals surface area contributed by atoms with Crippen LogP contribution in [0.25, 0.3) is 0 Å². The van der Waals surface area contributed by atoms with Crippen molar-refractivity contribution >= 4 is 28.9 Å². The molecule has 0 unspecified atom stereocenters. The molecule has 0 bridgehead atoms. The van der Waals surface area contributed by atoms with Gasteiger partial charge in [0.05, 0.1) is 5.69 Å². The van der Waals surface area contributed by atoms with Crippen molar-refractivity contribution in [2.45, 2.75) is 0 Å². The highest BCUT2D eigenvalue weighted by molar-refractivity contribution is 7.80. The van der Waals surface area contributed by atoms with Crippen molar-refractivity contribution in [1.29, 1.82) is 0 Å². The summed E-state index contributed by atoms with van der Waals surface area (Å²) < 4.78 is 0. The van der Waals surface area contributed by atoms with Crippen LogP contribution < -0.4 is 16.8 Å². The first-order chi connectivity index (χ1) is 7.09. The number of anilines is 1. The molecule has 0 aromatic heterocycles. The molecule has 1 aromatic carbocycles. The van der Waals surface area contributed by atoms with E-state index in [1.165, 1.54) is 0 Å². The van der Waals surface area contributed by atoms with E-state index in [0.717, 1.165) is 0 Å². The monoisotopic (exact) mass is 219 g/mol. The number of nitrogens with two attached hydrogens (primary N) is 2. The maximum absolute atomic E-state index is 10.5. The number of para-hydroxylation sites is 1. The second-order valence-corrected chi connectivity index (χ2v) is 3.09. The topological polar surface area (TPSA) is 81.1 Å². The van der Waals surface area contributed by atoms with Crippen LogP contribution in [-0.4, -0.2) is 11.0 Å². The van der Waals surface area contributed by atoms with E-state index >= 15 is 0 Å². The lowest BCUT2D eigenvalue weighted by atomic mass is 10.2. The SMILES string of the molecule is NC(=O)C#Cc1ccccc1NC(N)=S. The number of amides is 1. The van der Waals surface area contributed by atoms with Crippen LogP contribution in [0, 0.1) is 11.8 Å². The average molecular weight is 219 g/mol. The van der Waals surface area contributed by atoms with Gasteiger partial charge in [0.25, 0.3) is 5.91 Å². The van der Waals surface area contributed by atoms with Gasteiger partial charge in [-0.25, -0.2) is 0 Å². The zero-order valence-corrected chi connectivity index (χ0v) is 8.60. The smallest absolute Gasteiger partial charge is 0.293 e. The van der Waals surface area contributed by atoms with Crippen molar-refractivity contribution in [3.63, 3.8) is 0 Å². The number of hydrogen-bond donors (Lipinski definition) is 3. The first-order valence-electron chi connectivity index (χ1n) is 4.06. The molecule has 0 aliphatic rings. The first-order valence-corrected chi connectivity index (χ1v) is 4.47. The van der Waals surface area contributed by atoms with Crippen LogP contribution in [0.3, 0.4) is 0 Å². The Bertz CT molecular complexity index is 459. The Morgan fingerprint density at radius 2 is 2.00 bits per heavy atom. The molecule has 15 heavy (non-hydrogen) atoms. The summed E-state index contributed by atoms with van der Waals surface area (Å²) in [6, 6.07) is 7.08. The standard InChI is InChI=1S/C10H9N3OS/c11-9(14)6-5-7-3-1-2-4-8(7)13-10(12)15/h1-4H,(H2,11,14)(H3,12,13,15).